The molecule has 2 heteroatoms. The molecule has 1 aromatic rings. The van der Waals surface area contributed by atoms with Gasteiger partial charge in [0.25, 0.3) is 0 Å². The number of hydrogen-bond donors (Lipinski definition) is 0. The summed E-state index contributed by atoms with van der Waals surface area (Å²) in [4.78, 5) is 0. The van der Waals surface area contributed by atoms with Crippen molar-refractivity contribution in [2.75, 3.05) is 12.5 Å². The van der Waals surface area contributed by atoms with Gasteiger partial charge in [-0.3, -0.25) is 0 Å². The van der Waals surface area contributed by atoms with Gasteiger partial charge in [0.05, 0.1) is 6.61 Å². The molecular weight excluding hydrogens is 244 g/mol. The van der Waals surface area contributed by atoms with Crippen molar-refractivity contribution in [1.29, 1.82) is 0 Å². The maximum absolute atomic E-state index is 5.81. The zero-order valence-corrected chi connectivity index (χ0v) is 12.8. The Labute approximate surface area is 116 Å². The van der Waals surface area contributed by atoms with Crippen LogP contribution in [0.25, 0.3) is 0 Å². The van der Waals surface area contributed by atoms with Crippen LogP contribution in [0.15, 0.2) is 18.2 Å². The largest absolute Gasteiger partial charge is 0.493 e. The van der Waals surface area contributed by atoms with Gasteiger partial charge in [0, 0.05) is 5.88 Å². The third kappa shape index (κ3) is 4.53. The summed E-state index contributed by atoms with van der Waals surface area (Å²) in [6.45, 7) is 9.62. The van der Waals surface area contributed by atoms with Crippen molar-refractivity contribution in [2.45, 2.75) is 52.4 Å². The number of benzene rings is 1. The summed E-state index contributed by atoms with van der Waals surface area (Å²) >= 11 is 5.80. The van der Waals surface area contributed by atoms with Crippen LogP contribution in [-0.4, -0.2) is 12.5 Å². The first-order valence-corrected chi connectivity index (χ1v) is 7.34. The normalized spacial score (nSPS) is 11.6. The number of aryl methyl sites for hydroxylation is 1. The van der Waals surface area contributed by atoms with E-state index in [2.05, 4.69) is 45.9 Å². The molecule has 0 aromatic heterocycles. The van der Waals surface area contributed by atoms with Gasteiger partial charge in [0.15, 0.2) is 0 Å². The van der Waals surface area contributed by atoms with Crippen LogP contribution in [0, 0.1) is 0 Å². The molecule has 0 heterocycles. The lowest BCUT2D eigenvalue weighted by Crippen LogP contribution is -2.12. The van der Waals surface area contributed by atoms with E-state index in [-0.39, 0.29) is 5.41 Å². The van der Waals surface area contributed by atoms with Gasteiger partial charge in [0.1, 0.15) is 5.75 Å². The fourth-order valence-corrected chi connectivity index (χ4v) is 1.99. The predicted molar refractivity (Wildman–Crippen MR) is 80.0 cm³/mol. The smallest absolute Gasteiger partial charge is 0.122 e. The summed E-state index contributed by atoms with van der Waals surface area (Å²) in [5.41, 5.74) is 2.83. The van der Waals surface area contributed by atoms with Crippen molar-refractivity contribution in [3.8, 4) is 5.75 Å². The number of alkyl halides is 1. The lowest BCUT2D eigenvalue weighted by atomic mass is 9.85. The second kappa shape index (κ2) is 7.04. The summed E-state index contributed by atoms with van der Waals surface area (Å²) in [6.07, 6.45) is 3.03. The van der Waals surface area contributed by atoms with Crippen molar-refractivity contribution in [1.82, 2.24) is 0 Å². The Kier molecular flexibility index (Phi) is 6.01. The molecule has 0 saturated heterocycles. The molecule has 0 aliphatic heterocycles. The summed E-state index contributed by atoms with van der Waals surface area (Å²) < 4.78 is 5.81. The highest BCUT2D eigenvalue weighted by Gasteiger charge is 2.15. The minimum absolute atomic E-state index is 0.180. The molecule has 18 heavy (non-hydrogen) atoms. The van der Waals surface area contributed by atoms with Crippen LogP contribution in [0.1, 0.15) is 51.7 Å². The van der Waals surface area contributed by atoms with Crippen LogP contribution in [-0.2, 0) is 11.8 Å². The molecular formula is C16H25ClO. The molecule has 102 valence electrons. The van der Waals surface area contributed by atoms with Gasteiger partial charge in [-0.15, -0.1) is 11.6 Å². The van der Waals surface area contributed by atoms with Gasteiger partial charge in [0.2, 0.25) is 0 Å². The van der Waals surface area contributed by atoms with Crippen molar-refractivity contribution in [2.24, 2.45) is 0 Å². The van der Waals surface area contributed by atoms with Crippen LogP contribution in [0.3, 0.4) is 0 Å². The molecule has 1 rings (SSSR count). The number of ether oxygens (including phenoxy) is 1. The molecule has 0 N–H and O–H groups in total. The first kappa shape index (κ1) is 15.4. The first-order valence-electron chi connectivity index (χ1n) is 6.81. The van der Waals surface area contributed by atoms with E-state index in [1.807, 2.05) is 0 Å². The molecule has 0 fully saturated rings. The van der Waals surface area contributed by atoms with Gasteiger partial charge in [-0.05, 0) is 41.9 Å². The van der Waals surface area contributed by atoms with Crippen molar-refractivity contribution < 1.29 is 4.74 Å². The Morgan fingerprint density at radius 3 is 2.50 bits per heavy atom. The van der Waals surface area contributed by atoms with Crippen molar-refractivity contribution >= 4 is 11.6 Å². The van der Waals surface area contributed by atoms with E-state index < -0.39 is 0 Å². The van der Waals surface area contributed by atoms with E-state index in [9.17, 15) is 0 Å². The fourth-order valence-electron chi connectivity index (χ4n) is 1.85. The topological polar surface area (TPSA) is 9.23 Å². The number of halogens is 1. The Bertz CT molecular complexity index is 366. The van der Waals surface area contributed by atoms with Crippen LogP contribution in [0.4, 0.5) is 0 Å². The Balaban J connectivity index is 2.96. The highest BCUT2D eigenvalue weighted by Crippen LogP contribution is 2.29. The average Bonchev–Trinajstić information content (AvgIpc) is 2.33. The number of hydrogen-bond acceptors (Lipinski definition) is 1. The predicted octanol–water partition coefficient (Wildman–Crippen LogP) is 4.94. The fraction of sp³-hybridized carbons (Fsp3) is 0.625. The van der Waals surface area contributed by atoms with Gasteiger partial charge < -0.3 is 4.74 Å². The lowest BCUT2D eigenvalue weighted by Gasteiger charge is -2.21. The average molecular weight is 269 g/mol. The van der Waals surface area contributed by atoms with Crippen LogP contribution < -0.4 is 4.74 Å². The molecule has 0 bridgehead atoms. The van der Waals surface area contributed by atoms with Crippen molar-refractivity contribution in [3.05, 3.63) is 29.3 Å². The van der Waals surface area contributed by atoms with Crippen molar-refractivity contribution in [3.63, 3.8) is 0 Å². The molecule has 0 atom stereocenters. The molecule has 0 amide bonds. The van der Waals surface area contributed by atoms with Gasteiger partial charge in [-0.25, -0.2) is 0 Å². The molecule has 0 spiro atoms. The molecule has 0 unspecified atom stereocenters. The third-order valence-corrected chi connectivity index (χ3v) is 3.24. The zero-order valence-electron chi connectivity index (χ0n) is 12.1. The van der Waals surface area contributed by atoms with Gasteiger partial charge >= 0.3 is 0 Å². The van der Waals surface area contributed by atoms with Gasteiger partial charge in [-0.1, -0.05) is 39.8 Å². The minimum Gasteiger partial charge on any atom is -0.493 e. The second-order valence-corrected chi connectivity index (χ2v) is 6.09. The van der Waals surface area contributed by atoms with E-state index in [1.54, 1.807) is 0 Å². The first-order chi connectivity index (χ1) is 8.49. The van der Waals surface area contributed by atoms with Crippen LogP contribution >= 0.6 is 11.6 Å². The van der Waals surface area contributed by atoms with E-state index in [4.69, 9.17) is 16.3 Å². The van der Waals surface area contributed by atoms with Crippen LogP contribution in [0.5, 0.6) is 5.75 Å². The molecule has 1 aromatic carbocycles. The summed E-state index contributed by atoms with van der Waals surface area (Å²) in [5, 5.41) is 0. The zero-order chi connectivity index (χ0) is 13.6. The second-order valence-electron chi connectivity index (χ2n) is 5.71. The SMILES string of the molecule is CCCOc1ccc(C(C)(C)C)cc1CCCCl. The lowest BCUT2D eigenvalue weighted by molar-refractivity contribution is 0.314. The quantitative estimate of drug-likeness (QED) is 0.664. The van der Waals surface area contributed by atoms with E-state index >= 15 is 0 Å². The Hall–Kier alpha value is -0.690. The maximum Gasteiger partial charge on any atom is 0.122 e. The molecule has 0 saturated carbocycles. The summed E-state index contributed by atoms with van der Waals surface area (Å²) in [6, 6.07) is 6.56. The monoisotopic (exact) mass is 268 g/mol. The van der Waals surface area contributed by atoms with E-state index in [1.165, 1.54) is 11.1 Å². The van der Waals surface area contributed by atoms with E-state index in [0.717, 1.165) is 31.6 Å². The number of rotatable bonds is 6. The van der Waals surface area contributed by atoms with E-state index in [0.29, 0.717) is 5.88 Å². The summed E-state index contributed by atoms with van der Waals surface area (Å²) in [5.74, 6) is 1.72. The van der Waals surface area contributed by atoms with Gasteiger partial charge in [-0.2, -0.15) is 0 Å². The Morgan fingerprint density at radius 1 is 1.22 bits per heavy atom. The maximum atomic E-state index is 5.81. The standard InChI is InChI=1S/C16H25ClO/c1-5-11-18-15-9-8-14(16(2,3)4)12-13(15)7-6-10-17/h8-9,12H,5-7,10-11H2,1-4H3. The Morgan fingerprint density at radius 2 is 1.94 bits per heavy atom. The molecule has 0 radical (unpaired) electrons. The minimum atomic E-state index is 0.180. The highest BCUT2D eigenvalue weighted by atomic mass is 35.5. The third-order valence-electron chi connectivity index (χ3n) is 2.97. The van der Waals surface area contributed by atoms with Crippen LogP contribution in [0.2, 0.25) is 0 Å². The molecule has 1 nitrogen and oxygen atoms in total. The highest BCUT2D eigenvalue weighted by molar-refractivity contribution is 6.17. The molecule has 0 aliphatic carbocycles. The molecule has 0 aliphatic rings. The summed E-state index contributed by atoms with van der Waals surface area (Å²) in [7, 11) is 0.